The molecular formula is C13H17N3. The molecule has 84 valence electrons. The molecule has 0 amide bonds. The molecule has 1 N–H and O–H groups in total. The minimum atomic E-state index is 0.818. The molecule has 1 aliphatic heterocycles. The topological polar surface area (TPSA) is 39.1 Å². The molecule has 1 aromatic carbocycles. The molecule has 3 heteroatoms. The Bertz CT molecular complexity index is 400. The summed E-state index contributed by atoms with van der Waals surface area (Å²) >= 11 is 0. The van der Waals surface area contributed by atoms with Crippen molar-refractivity contribution in [3.8, 4) is 6.07 Å². The van der Waals surface area contributed by atoms with E-state index in [0.717, 1.165) is 43.7 Å². The van der Waals surface area contributed by atoms with E-state index in [0.29, 0.717) is 0 Å². The first-order valence-electron chi connectivity index (χ1n) is 5.84. The van der Waals surface area contributed by atoms with Gasteiger partial charge in [-0.15, -0.1) is 0 Å². The van der Waals surface area contributed by atoms with E-state index in [2.05, 4.69) is 35.3 Å². The van der Waals surface area contributed by atoms with Crippen LogP contribution in [0.5, 0.6) is 0 Å². The maximum absolute atomic E-state index is 9.09. The van der Waals surface area contributed by atoms with Gasteiger partial charge in [-0.25, -0.2) is 0 Å². The van der Waals surface area contributed by atoms with E-state index in [1.807, 2.05) is 6.07 Å². The summed E-state index contributed by atoms with van der Waals surface area (Å²) in [5, 5.41) is 12.4. The predicted octanol–water partition coefficient (Wildman–Crippen LogP) is 1.53. The maximum Gasteiger partial charge on any atom is 0.0995 e. The molecule has 2 rings (SSSR count). The Morgan fingerprint density at radius 1 is 1.38 bits per heavy atom. The van der Waals surface area contributed by atoms with Crippen molar-refractivity contribution >= 4 is 5.69 Å². The number of hydrogen-bond donors (Lipinski definition) is 1. The molecule has 0 saturated carbocycles. The van der Waals surface area contributed by atoms with E-state index in [9.17, 15) is 0 Å². The molecule has 16 heavy (non-hydrogen) atoms. The lowest BCUT2D eigenvalue weighted by Crippen LogP contribution is -2.43. The Kier molecular flexibility index (Phi) is 3.43. The number of rotatable bonds is 2. The van der Waals surface area contributed by atoms with Gasteiger partial charge in [0.1, 0.15) is 0 Å². The molecule has 0 aliphatic carbocycles. The monoisotopic (exact) mass is 215 g/mol. The molecular weight excluding hydrogens is 198 g/mol. The van der Waals surface area contributed by atoms with Gasteiger partial charge in [-0.2, -0.15) is 5.26 Å². The van der Waals surface area contributed by atoms with Crippen LogP contribution >= 0.6 is 0 Å². The largest absolute Gasteiger partial charge is 0.369 e. The van der Waals surface area contributed by atoms with Crippen LogP contribution in [0, 0.1) is 11.3 Å². The first-order chi connectivity index (χ1) is 7.85. The lowest BCUT2D eigenvalue weighted by molar-refractivity contribution is 0.589. The predicted molar refractivity (Wildman–Crippen MR) is 65.6 cm³/mol. The lowest BCUT2D eigenvalue weighted by Gasteiger charge is -2.29. The van der Waals surface area contributed by atoms with E-state index in [-0.39, 0.29) is 0 Å². The zero-order valence-electron chi connectivity index (χ0n) is 9.66. The van der Waals surface area contributed by atoms with Gasteiger partial charge in [-0.05, 0) is 24.1 Å². The number of aryl methyl sites for hydroxylation is 1. The average Bonchev–Trinajstić information content (AvgIpc) is 2.39. The van der Waals surface area contributed by atoms with Crippen LogP contribution in [0.3, 0.4) is 0 Å². The quantitative estimate of drug-likeness (QED) is 0.813. The number of nitrogens with one attached hydrogen (secondary N) is 1. The third-order valence-electron chi connectivity index (χ3n) is 3.08. The summed E-state index contributed by atoms with van der Waals surface area (Å²) < 4.78 is 0. The summed E-state index contributed by atoms with van der Waals surface area (Å²) in [5.41, 5.74) is 3.13. The van der Waals surface area contributed by atoms with Gasteiger partial charge in [0.05, 0.1) is 11.6 Å². The highest BCUT2D eigenvalue weighted by molar-refractivity contribution is 5.55. The normalized spacial score (nSPS) is 15.9. The van der Waals surface area contributed by atoms with Crippen molar-refractivity contribution in [1.82, 2.24) is 5.32 Å². The van der Waals surface area contributed by atoms with E-state index < -0.39 is 0 Å². The second kappa shape index (κ2) is 5.00. The van der Waals surface area contributed by atoms with E-state index in [4.69, 9.17) is 5.26 Å². The number of nitrogens with zero attached hydrogens (tertiary/aromatic N) is 2. The van der Waals surface area contributed by atoms with Crippen LogP contribution in [0.15, 0.2) is 18.2 Å². The van der Waals surface area contributed by atoms with Crippen LogP contribution in [0.2, 0.25) is 0 Å². The Balaban J connectivity index is 2.25. The highest BCUT2D eigenvalue weighted by atomic mass is 15.2. The zero-order chi connectivity index (χ0) is 11.4. The highest BCUT2D eigenvalue weighted by Gasteiger charge is 2.11. The van der Waals surface area contributed by atoms with Crippen LogP contribution in [-0.4, -0.2) is 26.2 Å². The molecule has 0 aromatic heterocycles. The highest BCUT2D eigenvalue weighted by Crippen LogP contribution is 2.20. The summed E-state index contributed by atoms with van der Waals surface area (Å²) in [6.07, 6.45) is 0.921. The second-order valence-electron chi connectivity index (χ2n) is 4.04. The van der Waals surface area contributed by atoms with Crippen LogP contribution in [-0.2, 0) is 6.42 Å². The molecule has 1 aromatic rings. The van der Waals surface area contributed by atoms with Crippen LogP contribution in [0.25, 0.3) is 0 Å². The summed E-state index contributed by atoms with van der Waals surface area (Å²) in [5.74, 6) is 0. The SMILES string of the molecule is CCc1ccc(N2CCNCC2)cc1C#N. The van der Waals surface area contributed by atoms with Crippen molar-refractivity contribution in [2.24, 2.45) is 0 Å². The minimum absolute atomic E-state index is 0.818. The van der Waals surface area contributed by atoms with Crippen molar-refractivity contribution in [3.63, 3.8) is 0 Å². The lowest BCUT2D eigenvalue weighted by atomic mass is 10.0. The van der Waals surface area contributed by atoms with Crippen LogP contribution in [0.4, 0.5) is 5.69 Å². The van der Waals surface area contributed by atoms with Crippen molar-refractivity contribution in [3.05, 3.63) is 29.3 Å². The summed E-state index contributed by atoms with van der Waals surface area (Å²) in [4.78, 5) is 2.33. The Hall–Kier alpha value is -1.53. The van der Waals surface area contributed by atoms with Crippen molar-refractivity contribution in [2.45, 2.75) is 13.3 Å². The average molecular weight is 215 g/mol. The fourth-order valence-corrected chi connectivity index (χ4v) is 2.10. The number of anilines is 1. The molecule has 0 spiro atoms. The smallest absolute Gasteiger partial charge is 0.0995 e. The molecule has 1 heterocycles. The molecule has 0 radical (unpaired) electrons. The second-order valence-corrected chi connectivity index (χ2v) is 4.04. The van der Waals surface area contributed by atoms with Crippen molar-refractivity contribution < 1.29 is 0 Å². The van der Waals surface area contributed by atoms with E-state index in [1.165, 1.54) is 5.69 Å². The zero-order valence-corrected chi connectivity index (χ0v) is 9.66. The van der Waals surface area contributed by atoms with Gasteiger partial charge in [-0.3, -0.25) is 0 Å². The van der Waals surface area contributed by atoms with Gasteiger partial charge < -0.3 is 10.2 Å². The summed E-state index contributed by atoms with van der Waals surface area (Å²) in [6, 6.07) is 8.51. The molecule has 1 aliphatic rings. The summed E-state index contributed by atoms with van der Waals surface area (Å²) in [6.45, 7) is 6.18. The minimum Gasteiger partial charge on any atom is -0.369 e. The third kappa shape index (κ3) is 2.17. The molecule has 0 bridgehead atoms. The first kappa shape index (κ1) is 11.0. The first-order valence-corrected chi connectivity index (χ1v) is 5.84. The Morgan fingerprint density at radius 2 is 2.12 bits per heavy atom. The molecule has 1 fully saturated rings. The van der Waals surface area contributed by atoms with Crippen LogP contribution < -0.4 is 10.2 Å². The molecule has 3 nitrogen and oxygen atoms in total. The van der Waals surface area contributed by atoms with Gasteiger partial charge in [-0.1, -0.05) is 13.0 Å². The molecule has 0 atom stereocenters. The number of piperazine rings is 1. The van der Waals surface area contributed by atoms with E-state index in [1.54, 1.807) is 0 Å². The standard InChI is InChI=1S/C13H17N3/c1-2-11-3-4-13(9-12(11)10-14)16-7-5-15-6-8-16/h3-4,9,15H,2,5-8H2,1H3. The molecule has 1 saturated heterocycles. The van der Waals surface area contributed by atoms with Crippen molar-refractivity contribution in [1.29, 1.82) is 5.26 Å². The summed E-state index contributed by atoms with van der Waals surface area (Å²) in [7, 11) is 0. The molecule has 0 unspecified atom stereocenters. The fraction of sp³-hybridized carbons (Fsp3) is 0.462. The Labute approximate surface area is 96.7 Å². The van der Waals surface area contributed by atoms with Gasteiger partial charge in [0.25, 0.3) is 0 Å². The van der Waals surface area contributed by atoms with E-state index >= 15 is 0 Å². The number of benzene rings is 1. The van der Waals surface area contributed by atoms with Crippen LogP contribution in [0.1, 0.15) is 18.1 Å². The third-order valence-corrected chi connectivity index (χ3v) is 3.08. The fourth-order valence-electron chi connectivity index (χ4n) is 2.10. The van der Waals surface area contributed by atoms with Gasteiger partial charge in [0.15, 0.2) is 0 Å². The number of hydrogen-bond acceptors (Lipinski definition) is 3. The van der Waals surface area contributed by atoms with Gasteiger partial charge >= 0.3 is 0 Å². The van der Waals surface area contributed by atoms with Gasteiger partial charge in [0.2, 0.25) is 0 Å². The van der Waals surface area contributed by atoms with Gasteiger partial charge in [0, 0.05) is 31.9 Å². The van der Waals surface area contributed by atoms with Crippen molar-refractivity contribution in [2.75, 3.05) is 31.1 Å². The number of nitriles is 1. The Morgan fingerprint density at radius 3 is 2.75 bits per heavy atom. The maximum atomic E-state index is 9.09.